The first kappa shape index (κ1) is 15.7. The monoisotopic (exact) mass is 382 g/mol. The van der Waals surface area contributed by atoms with E-state index in [9.17, 15) is 9.90 Å². The highest BCUT2D eigenvalue weighted by Crippen LogP contribution is 2.55. The van der Waals surface area contributed by atoms with E-state index in [4.69, 9.17) is 4.74 Å². The van der Waals surface area contributed by atoms with Gasteiger partial charge in [0.15, 0.2) is 17.6 Å². The largest absolute Gasteiger partial charge is 0.377 e. The van der Waals surface area contributed by atoms with Crippen LogP contribution in [0.15, 0.2) is 60.7 Å². The van der Waals surface area contributed by atoms with Crippen LogP contribution in [0.2, 0.25) is 0 Å². The minimum Gasteiger partial charge on any atom is -0.377 e. The minimum absolute atomic E-state index is 0.211. The van der Waals surface area contributed by atoms with Crippen LogP contribution >= 0.6 is 0 Å². The second-order valence-corrected chi connectivity index (χ2v) is 8.40. The van der Waals surface area contributed by atoms with Crippen molar-refractivity contribution in [1.82, 2.24) is 9.13 Å². The molecule has 3 aromatic carbocycles. The lowest BCUT2D eigenvalue weighted by Gasteiger charge is -2.36. The lowest BCUT2D eigenvalue weighted by molar-refractivity contribution is -0.176. The number of hydrogen-bond donors (Lipinski definition) is 1. The van der Waals surface area contributed by atoms with Gasteiger partial charge in [0.1, 0.15) is 6.23 Å². The van der Waals surface area contributed by atoms with Gasteiger partial charge in [0.05, 0.1) is 22.1 Å². The minimum atomic E-state index is -1.63. The Hall–Kier alpha value is -3.15. The number of carbonyl (C=O) groups excluding carboxylic acids is 1. The third kappa shape index (κ3) is 1.54. The molecule has 1 N–H and O–H groups in total. The van der Waals surface area contributed by atoms with Gasteiger partial charge in [0.25, 0.3) is 0 Å². The average Bonchev–Trinajstić information content (AvgIpc) is 3.31. The number of hydrogen-bond acceptors (Lipinski definition) is 3. The molecule has 2 aliphatic rings. The zero-order valence-corrected chi connectivity index (χ0v) is 15.8. The number of benzene rings is 3. The van der Waals surface area contributed by atoms with Gasteiger partial charge < -0.3 is 19.0 Å². The number of carbonyl (C=O) groups is 1. The standard InChI is InChI=1S/C24H18N2O3/c1-23-24(28,13-27)12-20(29-23)25-18-8-4-2-6-14(18)16-10-11-17-15-7-3-5-9-19(15)26(23)22(17)21(16)25/h2-11,13,20,28H,12H2,1H3/t20-,23+,24?/m1/s1. The Balaban J connectivity index is 1.86. The van der Waals surface area contributed by atoms with Crippen molar-refractivity contribution in [3.63, 3.8) is 0 Å². The SMILES string of the molecule is C[C@]12O[C@H](CC1(O)C=O)n1c3ccccc3c3ccc4c5ccccc5n2c4c31. The summed E-state index contributed by atoms with van der Waals surface area (Å²) >= 11 is 0. The van der Waals surface area contributed by atoms with Gasteiger partial charge in [0.2, 0.25) is 0 Å². The number of ether oxygens (including phenoxy) is 1. The molecule has 29 heavy (non-hydrogen) atoms. The summed E-state index contributed by atoms with van der Waals surface area (Å²) in [4.78, 5) is 12.2. The van der Waals surface area contributed by atoms with Crippen molar-refractivity contribution < 1.29 is 14.6 Å². The van der Waals surface area contributed by atoms with Crippen molar-refractivity contribution in [1.29, 1.82) is 0 Å². The third-order valence-corrected chi connectivity index (χ3v) is 7.07. The second-order valence-electron chi connectivity index (χ2n) is 8.40. The number of para-hydroxylation sites is 2. The van der Waals surface area contributed by atoms with Crippen LogP contribution < -0.4 is 0 Å². The van der Waals surface area contributed by atoms with E-state index in [-0.39, 0.29) is 6.42 Å². The molecule has 2 aromatic heterocycles. The third-order valence-electron chi connectivity index (χ3n) is 7.07. The molecule has 0 radical (unpaired) electrons. The van der Waals surface area contributed by atoms with Crippen LogP contribution in [0.5, 0.6) is 0 Å². The number of aldehydes is 1. The van der Waals surface area contributed by atoms with E-state index in [0.717, 1.165) is 43.6 Å². The lowest BCUT2D eigenvalue weighted by atomic mass is 9.90. The Kier molecular flexibility index (Phi) is 2.55. The van der Waals surface area contributed by atoms with Gasteiger partial charge >= 0.3 is 0 Å². The number of aromatic nitrogens is 2. The summed E-state index contributed by atoms with van der Waals surface area (Å²) in [5.41, 5.74) is 1.28. The van der Waals surface area contributed by atoms with Crippen LogP contribution in [0.3, 0.4) is 0 Å². The molecule has 0 saturated carbocycles. The maximum absolute atomic E-state index is 12.2. The number of aliphatic hydroxyl groups is 1. The number of nitrogens with zero attached hydrogens (tertiary/aromatic N) is 2. The molecule has 2 bridgehead atoms. The van der Waals surface area contributed by atoms with E-state index < -0.39 is 17.6 Å². The van der Waals surface area contributed by atoms with Crippen molar-refractivity contribution in [2.45, 2.75) is 30.9 Å². The fourth-order valence-corrected chi connectivity index (χ4v) is 5.69. The topological polar surface area (TPSA) is 56.4 Å². The Morgan fingerprint density at radius 3 is 2.28 bits per heavy atom. The molecule has 5 aromatic rings. The summed E-state index contributed by atoms with van der Waals surface area (Å²) in [6.07, 6.45) is 0.440. The van der Waals surface area contributed by atoms with Crippen molar-refractivity contribution in [3.05, 3.63) is 60.7 Å². The van der Waals surface area contributed by atoms with E-state index in [1.54, 1.807) is 0 Å². The van der Waals surface area contributed by atoms with Crippen LogP contribution in [-0.4, -0.2) is 26.1 Å². The number of fused-ring (bicyclic) bond motifs is 10. The molecular formula is C24H18N2O3. The van der Waals surface area contributed by atoms with Gasteiger partial charge in [-0.1, -0.05) is 48.5 Å². The molecule has 0 aliphatic carbocycles. The molecule has 3 atom stereocenters. The van der Waals surface area contributed by atoms with Crippen molar-refractivity contribution in [2.24, 2.45) is 0 Å². The molecule has 1 fully saturated rings. The fraction of sp³-hybridized carbons (Fsp3) is 0.208. The van der Waals surface area contributed by atoms with Gasteiger partial charge in [-0.3, -0.25) is 4.79 Å². The van der Waals surface area contributed by atoms with Gasteiger partial charge in [-0.2, -0.15) is 0 Å². The summed E-state index contributed by atoms with van der Waals surface area (Å²) in [6.45, 7) is 1.83. The van der Waals surface area contributed by atoms with Gasteiger partial charge in [-0.15, -0.1) is 0 Å². The smallest absolute Gasteiger partial charge is 0.181 e. The summed E-state index contributed by atoms with van der Waals surface area (Å²) in [6, 6.07) is 20.7. The highest BCUT2D eigenvalue weighted by molar-refractivity contribution is 6.23. The molecule has 5 heteroatoms. The van der Waals surface area contributed by atoms with Crippen molar-refractivity contribution >= 4 is 49.9 Å². The molecule has 4 heterocycles. The first-order chi connectivity index (χ1) is 14.1. The van der Waals surface area contributed by atoms with Gasteiger partial charge in [-0.05, 0) is 19.1 Å². The van der Waals surface area contributed by atoms with Crippen molar-refractivity contribution in [2.75, 3.05) is 0 Å². The molecule has 1 unspecified atom stereocenters. The average molecular weight is 382 g/mol. The van der Waals surface area contributed by atoms with Crippen LogP contribution in [0.1, 0.15) is 19.6 Å². The number of rotatable bonds is 1. The van der Waals surface area contributed by atoms with E-state index >= 15 is 0 Å². The van der Waals surface area contributed by atoms with E-state index in [2.05, 4.69) is 39.5 Å². The molecule has 2 aliphatic heterocycles. The Labute approximate surface area is 165 Å². The Bertz CT molecular complexity index is 1530. The van der Waals surface area contributed by atoms with Crippen LogP contribution in [-0.2, 0) is 15.3 Å². The zero-order valence-electron chi connectivity index (χ0n) is 15.8. The maximum atomic E-state index is 12.2. The zero-order chi connectivity index (χ0) is 19.5. The maximum Gasteiger partial charge on any atom is 0.181 e. The van der Waals surface area contributed by atoms with Crippen molar-refractivity contribution in [3.8, 4) is 0 Å². The molecule has 1 saturated heterocycles. The van der Waals surface area contributed by atoms with Crippen LogP contribution in [0.4, 0.5) is 0 Å². The Morgan fingerprint density at radius 2 is 1.55 bits per heavy atom. The summed E-state index contributed by atoms with van der Waals surface area (Å²) in [5.74, 6) is 0. The highest BCUT2D eigenvalue weighted by atomic mass is 16.6. The second kappa shape index (κ2) is 4.70. The molecule has 0 amide bonds. The fourth-order valence-electron chi connectivity index (χ4n) is 5.69. The van der Waals surface area contributed by atoms with Gasteiger partial charge in [0, 0.05) is 28.0 Å². The predicted molar refractivity (Wildman–Crippen MR) is 112 cm³/mol. The molecule has 142 valence electrons. The Morgan fingerprint density at radius 1 is 0.931 bits per heavy atom. The lowest BCUT2D eigenvalue weighted by Crippen LogP contribution is -2.51. The molecular weight excluding hydrogens is 364 g/mol. The predicted octanol–water partition coefficient (Wildman–Crippen LogP) is 4.44. The molecule has 5 nitrogen and oxygen atoms in total. The normalized spacial score (nSPS) is 28.1. The quantitative estimate of drug-likeness (QED) is 0.436. The van der Waals surface area contributed by atoms with E-state index in [1.165, 1.54) is 0 Å². The summed E-state index contributed by atoms with van der Waals surface area (Å²) < 4.78 is 10.8. The molecule has 7 rings (SSSR count). The highest BCUT2D eigenvalue weighted by Gasteiger charge is 2.60. The first-order valence-electron chi connectivity index (χ1n) is 9.89. The van der Waals surface area contributed by atoms with E-state index in [0.29, 0.717) is 6.29 Å². The first-order valence-corrected chi connectivity index (χ1v) is 9.89. The summed E-state index contributed by atoms with van der Waals surface area (Å²) in [7, 11) is 0. The van der Waals surface area contributed by atoms with E-state index in [1.807, 2.05) is 37.3 Å². The summed E-state index contributed by atoms with van der Waals surface area (Å²) in [5, 5.41) is 15.9. The van der Waals surface area contributed by atoms with Gasteiger partial charge in [-0.25, -0.2) is 0 Å². The van der Waals surface area contributed by atoms with Crippen LogP contribution in [0.25, 0.3) is 43.6 Å². The molecule has 0 spiro atoms. The van der Waals surface area contributed by atoms with Crippen LogP contribution in [0, 0.1) is 0 Å².